The summed E-state index contributed by atoms with van der Waals surface area (Å²) in [5.74, 6) is 2.22. The van der Waals surface area contributed by atoms with Crippen LogP contribution in [0, 0.1) is 23.7 Å². The molecule has 2 amide bonds. The van der Waals surface area contributed by atoms with Crippen molar-refractivity contribution in [1.82, 2.24) is 4.98 Å². The number of carbonyl (C=O) groups excluding carboxylic acids is 2. The third-order valence-electron chi connectivity index (χ3n) is 9.22. The maximum atomic E-state index is 14.1. The summed E-state index contributed by atoms with van der Waals surface area (Å²) in [7, 11) is 3.28. The van der Waals surface area contributed by atoms with Gasteiger partial charge in [0.05, 0.1) is 31.7 Å². The average molecular weight is 513 g/mol. The Bertz CT molecular complexity index is 1340. The minimum Gasteiger partial charge on any atom is -0.497 e. The van der Waals surface area contributed by atoms with Gasteiger partial charge in [-0.2, -0.15) is 0 Å². The van der Waals surface area contributed by atoms with Crippen molar-refractivity contribution in [1.29, 1.82) is 0 Å². The molecule has 5 atom stereocenters. The molecular weight excluding hydrogens is 476 g/mol. The van der Waals surface area contributed by atoms with E-state index in [1.165, 1.54) is 16.2 Å². The Morgan fingerprint density at radius 2 is 1.58 bits per heavy atom. The summed E-state index contributed by atoms with van der Waals surface area (Å²) in [6, 6.07) is 17.5. The fraction of sp³-hybridized carbons (Fsp3) is 0.438. The SMILES string of the molecule is COc1ccc(Cc2cc3c([nH]2)[C@H]2CCC(C(C)C)C[C@@H]2[C@@H]2C(=O)N(c4ccc(OC)cc4)C(=O)[C@H]32)cc1. The summed E-state index contributed by atoms with van der Waals surface area (Å²) in [5, 5.41) is 0. The van der Waals surface area contributed by atoms with Crippen LogP contribution in [0.2, 0.25) is 0 Å². The number of imide groups is 1. The minimum absolute atomic E-state index is 0.0480. The minimum atomic E-state index is -0.437. The Hall–Kier alpha value is -3.54. The van der Waals surface area contributed by atoms with Crippen molar-refractivity contribution >= 4 is 17.5 Å². The van der Waals surface area contributed by atoms with E-state index in [0.29, 0.717) is 23.3 Å². The summed E-state index contributed by atoms with van der Waals surface area (Å²) >= 11 is 0. The third kappa shape index (κ3) is 4.01. The number of benzene rings is 2. The molecule has 1 aliphatic heterocycles. The number of anilines is 1. The first-order valence-electron chi connectivity index (χ1n) is 13.8. The van der Waals surface area contributed by atoms with Crippen molar-refractivity contribution < 1.29 is 19.1 Å². The molecule has 0 radical (unpaired) electrons. The number of aromatic nitrogens is 1. The van der Waals surface area contributed by atoms with Crippen LogP contribution in [0.15, 0.2) is 54.6 Å². The van der Waals surface area contributed by atoms with Gasteiger partial charge in [0.1, 0.15) is 11.5 Å². The van der Waals surface area contributed by atoms with Gasteiger partial charge in [0.25, 0.3) is 0 Å². The molecule has 1 N–H and O–H groups in total. The van der Waals surface area contributed by atoms with Gasteiger partial charge in [-0.1, -0.05) is 26.0 Å². The molecule has 2 aromatic carbocycles. The number of amides is 2. The number of hydrogen-bond donors (Lipinski definition) is 1. The monoisotopic (exact) mass is 512 g/mol. The number of aromatic amines is 1. The molecule has 1 aromatic heterocycles. The van der Waals surface area contributed by atoms with Gasteiger partial charge in [-0.3, -0.25) is 9.59 Å². The molecule has 3 aliphatic rings. The fourth-order valence-corrected chi connectivity index (χ4v) is 7.21. The molecule has 2 aliphatic carbocycles. The smallest absolute Gasteiger partial charge is 0.242 e. The Labute approximate surface area is 224 Å². The second-order valence-corrected chi connectivity index (χ2v) is 11.5. The van der Waals surface area contributed by atoms with Crippen molar-refractivity contribution in [2.24, 2.45) is 23.7 Å². The van der Waals surface area contributed by atoms with E-state index >= 15 is 0 Å². The standard InChI is InChI=1S/C32H36N2O4/c1-18(2)20-7-14-25-26(16-20)28-29(32(36)34(31(28)35)22-8-12-24(38-4)13-9-22)27-17-21(33-30(25)27)15-19-5-10-23(37-3)11-6-19/h5-6,8-13,17-18,20,25-26,28-29,33H,7,14-16H2,1-4H3/t20?,25-,26-,28-,29+/m0/s1. The van der Waals surface area contributed by atoms with Gasteiger partial charge < -0.3 is 14.5 Å². The van der Waals surface area contributed by atoms with Crippen LogP contribution in [0.25, 0.3) is 0 Å². The van der Waals surface area contributed by atoms with Gasteiger partial charge in [0, 0.05) is 23.7 Å². The average Bonchev–Trinajstić information content (AvgIpc) is 3.47. The number of hydrogen-bond acceptors (Lipinski definition) is 4. The Morgan fingerprint density at radius 3 is 2.21 bits per heavy atom. The molecular formula is C32H36N2O4. The summed E-state index contributed by atoms with van der Waals surface area (Å²) in [6.07, 6.45) is 3.94. The largest absolute Gasteiger partial charge is 0.497 e. The molecule has 6 rings (SSSR count). The van der Waals surface area contributed by atoms with Crippen molar-refractivity contribution in [3.63, 3.8) is 0 Å². The first kappa shape index (κ1) is 24.8. The number of nitrogens with zero attached hydrogens (tertiary/aromatic N) is 1. The zero-order valence-electron chi connectivity index (χ0n) is 22.6. The summed E-state index contributed by atoms with van der Waals surface area (Å²) in [5.41, 5.74) is 5.10. The van der Waals surface area contributed by atoms with Crippen LogP contribution in [-0.2, 0) is 16.0 Å². The molecule has 1 unspecified atom stereocenters. The number of ether oxygens (including phenoxy) is 2. The van der Waals surface area contributed by atoms with Crippen LogP contribution in [0.1, 0.15) is 67.5 Å². The molecule has 2 fully saturated rings. The molecule has 3 aromatic rings. The van der Waals surface area contributed by atoms with Gasteiger partial charge in [-0.25, -0.2) is 4.90 Å². The molecule has 6 heteroatoms. The quantitative estimate of drug-likeness (QED) is 0.407. The molecule has 198 valence electrons. The van der Waals surface area contributed by atoms with Crippen LogP contribution in [-0.4, -0.2) is 31.0 Å². The first-order valence-corrected chi connectivity index (χ1v) is 13.8. The van der Waals surface area contributed by atoms with Crippen LogP contribution in [0.5, 0.6) is 11.5 Å². The molecule has 1 saturated carbocycles. The highest BCUT2D eigenvalue weighted by atomic mass is 16.5. The van der Waals surface area contributed by atoms with E-state index in [-0.39, 0.29) is 29.6 Å². The van der Waals surface area contributed by atoms with Gasteiger partial charge >= 0.3 is 0 Å². The lowest BCUT2D eigenvalue weighted by Gasteiger charge is -2.44. The second kappa shape index (κ2) is 9.64. The molecule has 6 nitrogen and oxygen atoms in total. The third-order valence-corrected chi connectivity index (χ3v) is 9.22. The number of carbonyl (C=O) groups is 2. The van der Waals surface area contributed by atoms with Crippen LogP contribution in [0.4, 0.5) is 5.69 Å². The summed E-state index contributed by atoms with van der Waals surface area (Å²) in [6.45, 7) is 4.56. The van der Waals surface area contributed by atoms with E-state index in [9.17, 15) is 9.59 Å². The normalized spacial score (nSPS) is 26.2. The number of fused-ring (bicyclic) bond motifs is 6. The zero-order valence-corrected chi connectivity index (χ0v) is 22.6. The molecule has 1 saturated heterocycles. The Balaban J connectivity index is 1.39. The lowest BCUT2D eigenvalue weighted by Crippen LogP contribution is -2.40. The highest BCUT2D eigenvalue weighted by Gasteiger charge is 2.58. The Kier molecular flexibility index (Phi) is 6.29. The van der Waals surface area contributed by atoms with E-state index in [1.54, 1.807) is 14.2 Å². The molecule has 0 bridgehead atoms. The van der Waals surface area contributed by atoms with E-state index in [1.807, 2.05) is 36.4 Å². The molecule has 2 heterocycles. The number of rotatable bonds is 6. The van der Waals surface area contributed by atoms with Crippen molar-refractivity contribution in [2.75, 3.05) is 19.1 Å². The number of H-pyrrole nitrogens is 1. The van der Waals surface area contributed by atoms with Crippen molar-refractivity contribution in [2.45, 2.75) is 51.4 Å². The predicted octanol–water partition coefficient (Wildman–Crippen LogP) is 6.07. The second-order valence-electron chi connectivity index (χ2n) is 11.5. The van der Waals surface area contributed by atoms with Gasteiger partial charge in [-0.05, 0) is 90.6 Å². The lowest BCUT2D eigenvalue weighted by molar-refractivity contribution is -0.123. The van der Waals surface area contributed by atoms with Crippen molar-refractivity contribution in [3.05, 3.63) is 77.1 Å². The van der Waals surface area contributed by atoms with E-state index in [0.717, 1.165) is 42.7 Å². The van der Waals surface area contributed by atoms with Gasteiger partial charge in [-0.15, -0.1) is 0 Å². The lowest BCUT2D eigenvalue weighted by atomic mass is 9.58. The maximum Gasteiger partial charge on any atom is 0.242 e. The highest BCUT2D eigenvalue weighted by Crippen LogP contribution is 2.57. The van der Waals surface area contributed by atoms with Crippen molar-refractivity contribution in [3.8, 4) is 11.5 Å². The first-order chi connectivity index (χ1) is 18.4. The summed E-state index contributed by atoms with van der Waals surface area (Å²) < 4.78 is 10.6. The van der Waals surface area contributed by atoms with Crippen LogP contribution < -0.4 is 14.4 Å². The number of nitrogens with one attached hydrogen (secondary N) is 1. The maximum absolute atomic E-state index is 14.1. The van der Waals surface area contributed by atoms with Crippen LogP contribution in [0.3, 0.4) is 0 Å². The zero-order chi connectivity index (χ0) is 26.6. The Morgan fingerprint density at radius 1 is 0.921 bits per heavy atom. The fourth-order valence-electron chi connectivity index (χ4n) is 7.21. The topological polar surface area (TPSA) is 71.6 Å². The van der Waals surface area contributed by atoms with Gasteiger partial charge in [0.15, 0.2) is 0 Å². The van der Waals surface area contributed by atoms with E-state index < -0.39 is 5.92 Å². The molecule has 38 heavy (non-hydrogen) atoms. The van der Waals surface area contributed by atoms with Gasteiger partial charge in [0.2, 0.25) is 11.8 Å². The summed E-state index contributed by atoms with van der Waals surface area (Å²) in [4.78, 5) is 33.3. The molecule has 0 spiro atoms. The van der Waals surface area contributed by atoms with E-state index in [2.05, 4.69) is 37.0 Å². The highest BCUT2D eigenvalue weighted by molar-refractivity contribution is 6.24. The predicted molar refractivity (Wildman–Crippen MR) is 147 cm³/mol. The number of methoxy groups -OCH3 is 2. The van der Waals surface area contributed by atoms with E-state index in [4.69, 9.17) is 9.47 Å². The van der Waals surface area contributed by atoms with Crippen LogP contribution >= 0.6 is 0 Å².